The van der Waals surface area contributed by atoms with E-state index < -0.39 is 17.7 Å². The standard InChI is InChI=1S/C20H27NO5/c1-13-11-16(14-7-9-15(24-5)10-8-14)17(18(22)25-6)12-21(13)19(23)26-20(2,3)4/h7-10,13H,11-12H2,1-6H3/t13-/m1/s1. The van der Waals surface area contributed by atoms with E-state index in [9.17, 15) is 9.59 Å². The number of carbonyl (C=O) groups is 2. The second-order valence-electron chi connectivity index (χ2n) is 7.34. The molecule has 1 aromatic rings. The van der Waals surface area contributed by atoms with Crippen LogP contribution < -0.4 is 4.74 Å². The van der Waals surface area contributed by atoms with E-state index in [4.69, 9.17) is 14.2 Å². The Labute approximate surface area is 154 Å². The van der Waals surface area contributed by atoms with Crippen LogP contribution in [0.1, 0.15) is 39.7 Å². The topological polar surface area (TPSA) is 65.1 Å². The first-order chi connectivity index (χ1) is 12.2. The molecule has 0 aromatic heterocycles. The molecule has 1 aliphatic rings. The third kappa shape index (κ3) is 4.56. The largest absolute Gasteiger partial charge is 0.497 e. The Hall–Kier alpha value is -2.50. The van der Waals surface area contributed by atoms with Crippen LogP contribution in [-0.2, 0) is 14.3 Å². The maximum absolute atomic E-state index is 12.5. The van der Waals surface area contributed by atoms with E-state index in [0.717, 1.165) is 16.9 Å². The van der Waals surface area contributed by atoms with E-state index in [1.165, 1.54) is 7.11 Å². The lowest BCUT2D eigenvalue weighted by atomic mass is 9.89. The van der Waals surface area contributed by atoms with Gasteiger partial charge >= 0.3 is 12.1 Å². The second kappa shape index (κ2) is 7.81. The SMILES string of the molecule is COC(=O)C1=C(c2ccc(OC)cc2)C[C@@H](C)N(C(=O)OC(C)(C)C)C1. The number of amides is 1. The van der Waals surface area contributed by atoms with E-state index in [1.807, 2.05) is 52.0 Å². The summed E-state index contributed by atoms with van der Waals surface area (Å²) in [5.41, 5.74) is 1.68. The van der Waals surface area contributed by atoms with Gasteiger partial charge in [-0.2, -0.15) is 0 Å². The van der Waals surface area contributed by atoms with E-state index in [1.54, 1.807) is 12.0 Å². The lowest BCUT2D eigenvalue weighted by Gasteiger charge is -2.36. The fourth-order valence-corrected chi connectivity index (χ4v) is 2.91. The number of hydrogen-bond donors (Lipinski definition) is 0. The second-order valence-corrected chi connectivity index (χ2v) is 7.34. The number of carbonyl (C=O) groups excluding carboxylic acids is 2. The summed E-state index contributed by atoms with van der Waals surface area (Å²) in [4.78, 5) is 26.4. The Morgan fingerprint density at radius 3 is 2.23 bits per heavy atom. The molecule has 1 aliphatic heterocycles. The molecule has 1 atom stereocenters. The molecule has 0 N–H and O–H groups in total. The fraction of sp³-hybridized carbons (Fsp3) is 0.500. The van der Waals surface area contributed by atoms with E-state index in [-0.39, 0.29) is 12.6 Å². The van der Waals surface area contributed by atoms with Gasteiger partial charge in [0, 0.05) is 6.04 Å². The van der Waals surface area contributed by atoms with Crippen molar-refractivity contribution in [2.45, 2.75) is 45.8 Å². The Morgan fingerprint density at radius 2 is 1.73 bits per heavy atom. The highest BCUT2D eigenvalue weighted by Gasteiger charge is 2.34. The highest BCUT2D eigenvalue weighted by molar-refractivity contribution is 5.99. The molecule has 6 nitrogen and oxygen atoms in total. The minimum absolute atomic E-state index is 0.102. The molecular weight excluding hydrogens is 334 g/mol. The average Bonchev–Trinajstić information content (AvgIpc) is 2.59. The minimum atomic E-state index is -0.595. The molecule has 6 heteroatoms. The van der Waals surface area contributed by atoms with Crippen LogP contribution in [0.15, 0.2) is 29.8 Å². The molecule has 1 aromatic carbocycles. The zero-order valence-corrected chi connectivity index (χ0v) is 16.3. The molecule has 0 bridgehead atoms. The van der Waals surface area contributed by atoms with Crippen molar-refractivity contribution in [3.05, 3.63) is 35.4 Å². The quantitative estimate of drug-likeness (QED) is 0.769. The third-order valence-electron chi connectivity index (χ3n) is 4.22. The Morgan fingerprint density at radius 1 is 1.12 bits per heavy atom. The van der Waals surface area contributed by atoms with Gasteiger partial charge in [-0.15, -0.1) is 0 Å². The zero-order chi connectivity index (χ0) is 19.5. The summed E-state index contributed by atoms with van der Waals surface area (Å²) in [6, 6.07) is 7.42. The molecule has 0 aliphatic carbocycles. The van der Waals surface area contributed by atoms with Gasteiger partial charge in [0.05, 0.1) is 26.3 Å². The molecule has 1 heterocycles. The minimum Gasteiger partial charge on any atom is -0.497 e. The molecular formula is C20H27NO5. The van der Waals surface area contributed by atoms with Gasteiger partial charge < -0.3 is 19.1 Å². The number of hydrogen-bond acceptors (Lipinski definition) is 5. The van der Waals surface area contributed by atoms with Crippen molar-refractivity contribution in [3.63, 3.8) is 0 Å². The normalized spacial score (nSPS) is 17.8. The van der Waals surface area contributed by atoms with E-state index >= 15 is 0 Å². The molecule has 0 saturated carbocycles. The van der Waals surface area contributed by atoms with Crippen molar-refractivity contribution in [3.8, 4) is 5.75 Å². The van der Waals surface area contributed by atoms with E-state index in [0.29, 0.717) is 12.0 Å². The Kier molecular flexibility index (Phi) is 5.95. The van der Waals surface area contributed by atoms with Crippen molar-refractivity contribution >= 4 is 17.6 Å². The van der Waals surface area contributed by atoms with Gasteiger partial charge in [0.25, 0.3) is 0 Å². The number of esters is 1. The van der Waals surface area contributed by atoms with Crippen molar-refractivity contribution in [1.82, 2.24) is 4.90 Å². The van der Waals surface area contributed by atoms with Crippen molar-refractivity contribution in [1.29, 1.82) is 0 Å². The van der Waals surface area contributed by atoms with Crippen LogP contribution >= 0.6 is 0 Å². The summed E-state index contributed by atoms with van der Waals surface area (Å²) in [5, 5.41) is 0. The number of ether oxygens (including phenoxy) is 3. The first-order valence-electron chi connectivity index (χ1n) is 8.60. The third-order valence-corrected chi connectivity index (χ3v) is 4.22. The highest BCUT2D eigenvalue weighted by Crippen LogP contribution is 2.33. The molecule has 0 fully saturated rings. The highest BCUT2D eigenvalue weighted by atomic mass is 16.6. The molecule has 0 unspecified atom stereocenters. The molecule has 0 radical (unpaired) electrons. The molecule has 1 amide bonds. The molecule has 0 spiro atoms. The van der Waals surface area contributed by atoms with Crippen LogP contribution in [0.25, 0.3) is 5.57 Å². The first-order valence-corrected chi connectivity index (χ1v) is 8.60. The maximum atomic E-state index is 12.5. The number of methoxy groups -OCH3 is 2. The summed E-state index contributed by atoms with van der Waals surface area (Å²) in [6.07, 6.45) is 0.107. The number of benzene rings is 1. The average molecular weight is 361 g/mol. The summed E-state index contributed by atoms with van der Waals surface area (Å²) >= 11 is 0. The van der Waals surface area contributed by atoms with Crippen LogP contribution in [0.2, 0.25) is 0 Å². The van der Waals surface area contributed by atoms with Gasteiger partial charge in [0.1, 0.15) is 11.4 Å². The van der Waals surface area contributed by atoms with Crippen LogP contribution in [0, 0.1) is 0 Å². The maximum Gasteiger partial charge on any atom is 0.410 e. The summed E-state index contributed by atoms with van der Waals surface area (Å²) < 4.78 is 15.6. The lowest BCUT2D eigenvalue weighted by Crippen LogP contribution is -2.46. The van der Waals surface area contributed by atoms with Crippen molar-refractivity contribution in [2.75, 3.05) is 20.8 Å². The van der Waals surface area contributed by atoms with Gasteiger partial charge in [0.15, 0.2) is 0 Å². The summed E-state index contributed by atoms with van der Waals surface area (Å²) in [5.74, 6) is 0.310. The van der Waals surface area contributed by atoms with E-state index in [2.05, 4.69) is 0 Å². The van der Waals surface area contributed by atoms with Crippen molar-refractivity contribution in [2.24, 2.45) is 0 Å². The van der Waals surface area contributed by atoms with Gasteiger partial charge in [-0.1, -0.05) is 12.1 Å². The first kappa shape index (κ1) is 19.8. The van der Waals surface area contributed by atoms with Crippen LogP contribution in [0.4, 0.5) is 4.79 Å². The monoisotopic (exact) mass is 361 g/mol. The zero-order valence-electron chi connectivity index (χ0n) is 16.3. The van der Waals surface area contributed by atoms with Gasteiger partial charge in [-0.05, 0) is 57.4 Å². The predicted octanol–water partition coefficient (Wildman–Crippen LogP) is 3.65. The lowest BCUT2D eigenvalue weighted by molar-refractivity contribution is -0.136. The molecule has 2 rings (SSSR count). The van der Waals surface area contributed by atoms with Crippen LogP contribution in [-0.4, -0.2) is 49.4 Å². The summed E-state index contributed by atoms with van der Waals surface area (Å²) in [6.45, 7) is 7.56. The van der Waals surface area contributed by atoms with Gasteiger partial charge in [0.2, 0.25) is 0 Å². The van der Waals surface area contributed by atoms with Crippen LogP contribution in [0.3, 0.4) is 0 Å². The van der Waals surface area contributed by atoms with Gasteiger partial charge in [-0.25, -0.2) is 9.59 Å². The van der Waals surface area contributed by atoms with Gasteiger partial charge in [-0.3, -0.25) is 0 Å². The molecule has 0 saturated heterocycles. The van der Waals surface area contributed by atoms with Crippen molar-refractivity contribution < 1.29 is 23.8 Å². The smallest absolute Gasteiger partial charge is 0.410 e. The molecule has 142 valence electrons. The number of rotatable bonds is 3. The predicted molar refractivity (Wildman–Crippen MR) is 98.9 cm³/mol. The Balaban J connectivity index is 2.38. The van der Waals surface area contributed by atoms with Crippen LogP contribution in [0.5, 0.6) is 5.75 Å². The number of nitrogens with zero attached hydrogens (tertiary/aromatic N) is 1. The molecule has 26 heavy (non-hydrogen) atoms. The fourth-order valence-electron chi connectivity index (χ4n) is 2.91. The summed E-state index contributed by atoms with van der Waals surface area (Å²) in [7, 11) is 2.95. The Bertz CT molecular complexity index is 700.